The minimum Gasteiger partial charge on any atom is -0.370 e. The summed E-state index contributed by atoms with van der Waals surface area (Å²) in [5.41, 5.74) is 4.17. The van der Waals surface area contributed by atoms with Gasteiger partial charge in [-0.1, -0.05) is 19.9 Å². The maximum Gasteiger partial charge on any atom is 0.180 e. The highest BCUT2D eigenvalue weighted by Gasteiger charge is 2.13. The first-order valence-electron chi connectivity index (χ1n) is 7.20. The summed E-state index contributed by atoms with van der Waals surface area (Å²) in [4.78, 5) is 13.7. The molecule has 4 heteroatoms. The van der Waals surface area contributed by atoms with Gasteiger partial charge in [-0.3, -0.25) is 4.98 Å². The highest BCUT2D eigenvalue weighted by molar-refractivity contribution is 5.59. The van der Waals surface area contributed by atoms with Crippen LogP contribution in [0.1, 0.15) is 37.1 Å². The molecule has 0 bridgehead atoms. The molecule has 0 aliphatic carbocycles. The van der Waals surface area contributed by atoms with Gasteiger partial charge in [0.05, 0.1) is 0 Å². The fourth-order valence-electron chi connectivity index (χ4n) is 2.23. The van der Waals surface area contributed by atoms with Crippen LogP contribution in [0.4, 0.5) is 5.82 Å². The van der Waals surface area contributed by atoms with Gasteiger partial charge in [-0.2, -0.15) is 0 Å². The molecular weight excluding hydrogens is 248 g/mol. The third kappa shape index (κ3) is 2.95. The average Bonchev–Trinajstić information content (AvgIpc) is 2.45. The largest absolute Gasteiger partial charge is 0.370 e. The Bertz CT molecular complexity index is 593. The quantitative estimate of drug-likeness (QED) is 0.903. The van der Waals surface area contributed by atoms with Gasteiger partial charge in [0, 0.05) is 24.0 Å². The Hall–Kier alpha value is -1.97. The minimum absolute atomic E-state index is 0.705. The van der Waals surface area contributed by atoms with Crippen LogP contribution in [0.25, 0.3) is 11.5 Å². The molecule has 0 saturated carbocycles. The van der Waals surface area contributed by atoms with Crippen molar-refractivity contribution in [1.82, 2.24) is 15.0 Å². The lowest BCUT2D eigenvalue weighted by Crippen LogP contribution is -2.09. The Kier molecular flexibility index (Phi) is 4.66. The summed E-state index contributed by atoms with van der Waals surface area (Å²) in [7, 11) is 0. The molecule has 0 unspecified atom stereocenters. The lowest BCUT2D eigenvalue weighted by Gasteiger charge is -2.13. The van der Waals surface area contributed by atoms with Crippen LogP contribution in [0, 0.1) is 13.8 Å². The second-order valence-corrected chi connectivity index (χ2v) is 4.91. The molecule has 2 aromatic rings. The lowest BCUT2D eigenvalue weighted by molar-refractivity contribution is 0.935. The van der Waals surface area contributed by atoms with E-state index < -0.39 is 0 Å². The lowest BCUT2D eigenvalue weighted by atomic mass is 10.1. The van der Waals surface area contributed by atoms with E-state index in [1.165, 1.54) is 5.56 Å². The normalized spacial score (nSPS) is 10.6. The Morgan fingerprint density at radius 3 is 2.60 bits per heavy atom. The fourth-order valence-corrected chi connectivity index (χ4v) is 2.23. The highest BCUT2D eigenvalue weighted by Crippen LogP contribution is 2.23. The molecule has 106 valence electrons. The van der Waals surface area contributed by atoms with Crippen molar-refractivity contribution in [3.63, 3.8) is 0 Å². The first kappa shape index (κ1) is 14.4. The Balaban J connectivity index is 2.50. The maximum atomic E-state index is 4.69. The van der Waals surface area contributed by atoms with Crippen molar-refractivity contribution >= 4 is 5.82 Å². The number of nitrogens with zero attached hydrogens (tertiary/aromatic N) is 3. The van der Waals surface area contributed by atoms with E-state index in [9.17, 15) is 0 Å². The monoisotopic (exact) mass is 270 g/mol. The number of nitrogens with one attached hydrogen (secondary N) is 1. The van der Waals surface area contributed by atoms with Crippen molar-refractivity contribution in [2.45, 2.75) is 40.5 Å². The number of aromatic nitrogens is 3. The zero-order valence-corrected chi connectivity index (χ0v) is 12.7. The van der Waals surface area contributed by atoms with Crippen LogP contribution < -0.4 is 5.32 Å². The van der Waals surface area contributed by atoms with Crippen LogP contribution in [0.3, 0.4) is 0 Å². The maximum absolute atomic E-state index is 4.69. The van der Waals surface area contributed by atoms with Gasteiger partial charge in [0.1, 0.15) is 11.5 Å². The van der Waals surface area contributed by atoms with E-state index in [0.717, 1.165) is 42.2 Å². The van der Waals surface area contributed by atoms with E-state index in [0.29, 0.717) is 5.82 Å². The van der Waals surface area contributed by atoms with Gasteiger partial charge in [-0.05, 0) is 38.3 Å². The molecule has 0 atom stereocenters. The van der Waals surface area contributed by atoms with E-state index in [2.05, 4.69) is 34.1 Å². The standard InChI is InChI=1S/C16H22N4/c1-5-9-18-15-13(6-2)12(4)19-16(20-15)14-11(3)8-7-10-17-14/h7-8,10H,5-6,9H2,1-4H3,(H,18,19,20). The van der Waals surface area contributed by atoms with Crippen molar-refractivity contribution < 1.29 is 0 Å². The van der Waals surface area contributed by atoms with Crippen LogP contribution in [0.15, 0.2) is 18.3 Å². The summed E-state index contributed by atoms with van der Waals surface area (Å²) < 4.78 is 0. The Morgan fingerprint density at radius 2 is 1.95 bits per heavy atom. The SMILES string of the molecule is CCCNc1nc(-c2ncccc2C)nc(C)c1CC. The van der Waals surface area contributed by atoms with E-state index in [1.807, 2.05) is 26.0 Å². The Labute approximate surface area is 120 Å². The predicted octanol–water partition coefficient (Wildman–Crippen LogP) is 3.54. The summed E-state index contributed by atoms with van der Waals surface area (Å²) >= 11 is 0. The molecule has 4 nitrogen and oxygen atoms in total. The molecule has 0 saturated heterocycles. The van der Waals surface area contributed by atoms with Gasteiger partial charge >= 0.3 is 0 Å². The van der Waals surface area contributed by atoms with Gasteiger partial charge in [0.15, 0.2) is 5.82 Å². The van der Waals surface area contributed by atoms with Crippen molar-refractivity contribution in [3.05, 3.63) is 35.2 Å². The minimum atomic E-state index is 0.705. The van der Waals surface area contributed by atoms with Gasteiger partial charge in [-0.15, -0.1) is 0 Å². The van der Waals surface area contributed by atoms with Crippen LogP contribution in [-0.2, 0) is 6.42 Å². The Morgan fingerprint density at radius 1 is 1.15 bits per heavy atom. The van der Waals surface area contributed by atoms with Crippen LogP contribution >= 0.6 is 0 Å². The number of anilines is 1. The predicted molar refractivity (Wildman–Crippen MR) is 82.9 cm³/mol. The fraction of sp³-hybridized carbons (Fsp3) is 0.438. The molecule has 2 heterocycles. The molecule has 2 aromatic heterocycles. The zero-order valence-electron chi connectivity index (χ0n) is 12.7. The second kappa shape index (κ2) is 6.46. The van der Waals surface area contributed by atoms with Crippen LogP contribution in [0.5, 0.6) is 0 Å². The second-order valence-electron chi connectivity index (χ2n) is 4.91. The zero-order chi connectivity index (χ0) is 14.5. The molecular formula is C16H22N4. The number of hydrogen-bond donors (Lipinski definition) is 1. The molecule has 0 amide bonds. The number of hydrogen-bond acceptors (Lipinski definition) is 4. The first-order valence-corrected chi connectivity index (χ1v) is 7.20. The van der Waals surface area contributed by atoms with Crippen molar-refractivity contribution in [3.8, 4) is 11.5 Å². The molecule has 0 aromatic carbocycles. The average molecular weight is 270 g/mol. The summed E-state index contributed by atoms with van der Waals surface area (Å²) in [6, 6.07) is 3.97. The van der Waals surface area contributed by atoms with Crippen molar-refractivity contribution in [1.29, 1.82) is 0 Å². The molecule has 0 fully saturated rings. The molecule has 0 spiro atoms. The first-order chi connectivity index (χ1) is 9.67. The van der Waals surface area contributed by atoms with Crippen LogP contribution in [0.2, 0.25) is 0 Å². The van der Waals surface area contributed by atoms with E-state index >= 15 is 0 Å². The van der Waals surface area contributed by atoms with Crippen molar-refractivity contribution in [2.24, 2.45) is 0 Å². The van der Waals surface area contributed by atoms with Crippen LogP contribution in [-0.4, -0.2) is 21.5 Å². The number of rotatable bonds is 5. The third-order valence-electron chi connectivity index (χ3n) is 3.33. The molecule has 0 radical (unpaired) electrons. The molecule has 0 aliphatic heterocycles. The van der Waals surface area contributed by atoms with Gasteiger partial charge < -0.3 is 5.32 Å². The smallest absolute Gasteiger partial charge is 0.180 e. The van der Waals surface area contributed by atoms with Gasteiger partial charge in [-0.25, -0.2) is 9.97 Å². The summed E-state index contributed by atoms with van der Waals surface area (Å²) in [6.45, 7) is 9.28. The van der Waals surface area contributed by atoms with E-state index in [1.54, 1.807) is 6.20 Å². The van der Waals surface area contributed by atoms with Gasteiger partial charge in [0.25, 0.3) is 0 Å². The van der Waals surface area contributed by atoms with Crippen molar-refractivity contribution in [2.75, 3.05) is 11.9 Å². The summed E-state index contributed by atoms with van der Waals surface area (Å²) in [6.07, 6.45) is 3.79. The summed E-state index contributed by atoms with van der Waals surface area (Å²) in [5.74, 6) is 1.65. The topological polar surface area (TPSA) is 50.7 Å². The van der Waals surface area contributed by atoms with E-state index in [-0.39, 0.29) is 0 Å². The molecule has 20 heavy (non-hydrogen) atoms. The highest BCUT2D eigenvalue weighted by atomic mass is 15.0. The number of pyridine rings is 1. The molecule has 1 N–H and O–H groups in total. The summed E-state index contributed by atoms with van der Waals surface area (Å²) in [5, 5.41) is 3.41. The van der Waals surface area contributed by atoms with E-state index in [4.69, 9.17) is 0 Å². The van der Waals surface area contributed by atoms with Gasteiger partial charge in [0.2, 0.25) is 0 Å². The third-order valence-corrected chi connectivity index (χ3v) is 3.33. The number of aryl methyl sites for hydroxylation is 2. The molecule has 0 aliphatic rings. The molecule has 2 rings (SSSR count).